The molecule has 1 unspecified atom stereocenters. The third-order valence-corrected chi connectivity index (χ3v) is 2.87. The van der Waals surface area contributed by atoms with Crippen LogP contribution in [0.4, 0.5) is 0 Å². The first-order valence-electron chi connectivity index (χ1n) is 5.00. The van der Waals surface area contributed by atoms with Crippen LogP contribution in [0.1, 0.15) is 6.42 Å². The van der Waals surface area contributed by atoms with E-state index < -0.39 is 0 Å². The minimum atomic E-state index is -0.117. The molecule has 0 bridgehead atoms. The highest BCUT2D eigenvalue weighted by molar-refractivity contribution is 5.41. The molecular weight excluding hydrogens is 178 g/mol. The lowest BCUT2D eigenvalue weighted by molar-refractivity contribution is 0.00749. The highest BCUT2D eigenvalue weighted by atomic mass is 16.6. The van der Waals surface area contributed by atoms with Crippen LogP contribution in [0.3, 0.4) is 0 Å². The van der Waals surface area contributed by atoms with E-state index in [4.69, 9.17) is 9.47 Å². The van der Waals surface area contributed by atoms with E-state index in [0.29, 0.717) is 6.61 Å². The second-order valence-electron chi connectivity index (χ2n) is 3.95. The van der Waals surface area contributed by atoms with E-state index in [9.17, 15) is 0 Å². The molecule has 1 fully saturated rings. The first-order chi connectivity index (χ1) is 6.88. The van der Waals surface area contributed by atoms with E-state index in [1.165, 1.54) is 0 Å². The van der Waals surface area contributed by atoms with E-state index in [1.54, 1.807) is 0 Å². The van der Waals surface area contributed by atoms with E-state index in [0.717, 1.165) is 31.0 Å². The quantitative estimate of drug-likeness (QED) is 0.668. The molecule has 0 radical (unpaired) electrons. The Labute approximate surface area is 83.0 Å². The van der Waals surface area contributed by atoms with Gasteiger partial charge in [0.05, 0.1) is 0 Å². The summed E-state index contributed by atoms with van der Waals surface area (Å²) in [5.74, 6) is 1.74. The van der Waals surface area contributed by atoms with E-state index in [-0.39, 0.29) is 5.60 Å². The Balaban J connectivity index is 1.92. The summed E-state index contributed by atoms with van der Waals surface area (Å²) in [6, 6.07) is 7.86. The van der Waals surface area contributed by atoms with Crippen LogP contribution in [0, 0.1) is 0 Å². The topological polar surface area (TPSA) is 30.5 Å². The van der Waals surface area contributed by atoms with Gasteiger partial charge in [0.25, 0.3) is 0 Å². The lowest BCUT2D eigenvalue weighted by Crippen LogP contribution is -2.46. The molecule has 14 heavy (non-hydrogen) atoms. The number of hydrogen-bond donors (Lipinski definition) is 1. The predicted octanol–water partition coefficient (Wildman–Crippen LogP) is 1.19. The number of rotatable bonds is 0. The third-order valence-electron chi connectivity index (χ3n) is 2.87. The SMILES string of the molecule is c1ccc2c(c1)OCC1(CCNC1)O2. The maximum atomic E-state index is 5.99. The Bertz CT molecular complexity index is 345. The molecule has 1 aromatic carbocycles. The average Bonchev–Trinajstić information content (AvgIpc) is 2.66. The number of ether oxygens (including phenoxy) is 2. The maximum absolute atomic E-state index is 5.99. The molecule has 0 saturated carbocycles. The van der Waals surface area contributed by atoms with Crippen molar-refractivity contribution in [1.29, 1.82) is 0 Å². The summed E-state index contributed by atoms with van der Waals surface area (Å²) >= 11 is 0. The second-order valence-corrected chi connectivity index (χ2v) is 3.95. The molecule has 1 atom stereocenters. The summed E-state index contributed by atoms with van der Waals surface area (Å²) in [5.41, 5.74) is -0.117. The number of nitrogens with one attached hydrogen (secondary N) is 1. The Kier molecular flexibility index (Phi) is 1.67. The molecular formula is C11H13NO2. The fourth-order valence-corrected chi connectivity index (χ4v) is 2.06. The van der Waals surface area contributed by atoms with Gasteiger partial charge >= 0.3 is 0 Å². The summed E-state index contributed by atoms with van der Waals surface area (Å²) < 4.78 is 11.7. The predicted molar refractivity (Wildman–Crippen MR) is 52.8 cm³/mol. The van der Waals surface area contributed by atoms with Crippen molar-refractivity contribution in [2.45, 2.75) is 12.0 Å². The van der Waals surface area contributed by atoms with Gasteiger partial charge in [0.2, 0.25) is 0 Å². The fourth-order valence-electron chi connectivity index (χ4n) is 2.06. The summed E-state index contributed by atoms with van der Waals surface area (Å²) in [6.45, 7) is 2.57. The van der Waals surface area contributed by atoms with Crippen molar-refractivity contribution in [3.05, 3.63) is 24.3 Å². The highest BCUT2D eigenvalue weighted by Gasteiger charge is 2.40. The molecule has 1 aromatic rings. The van der Waals surface area contributed by atoms with Crippen LogP contribution in [0.15, 0.2) is 24.3 Å². The normalized spacial score (nSPS) is 29.4. The van der Waals surface area contributed by atoms with Crippen molar-refractivity contribution in [3.63, 3.8) is 0 Å². The first kappa shape index (κ1) is 8.12. The van der Waals surface area contributed by atoms with Crippen LogP contribution >= 0.6 is 0 Å². The monoisotopic (exact) mass is 191 g/mol. The van der Waals surface area contributed by atoms with E-state index >= 15 is 0 Å². The standard InChI is InChI=1S/C11H13NO2/c1-2-4-10-9(3-1)13-8-11(14-10)5-6-12-7-11/h1-4,12H,5-8H2. The summed E-state index contributed by atoms with van der Waals surface area (Å²) in [5, 5.41) is 3.31. The third kappa shape index (κ3) is 1.16. The van der Waals surface area contributed by atoms with E-state index in [1.807, 2.05) is 24.3 Å². The molecule has 3 rings (SSSR count). The van der Waals surface area contributed by atoms with Gasteiger partial charge in [0.1, 0.15) is 6.61 Å². The van der Waals surface area contributed by atoms with Gasteiger partial charge in [0.15, 0.2) is 17.1 Å². The molecule has 1 saturated heterocycles. The first-order valence-corrected chi connectivity index (χ1v) is 5.00. The maximum Gasteiger partial charge on any atom is 0.162 e. The van der Waals surface area contributed by atoms with Gasteiger partial charge in [-0.2, -0.15) is 0 Å². The van der Waals surface area contributed by atoms with Crippen molar-refractivity contribution >= 4 is 0 Å². The number of benzene rings is 1. The Morgan fingerprint density at radius 3 is 2.86 bits per heavy atom. The van der Waals surface area contributed by atoms with Gasteiger partial charge in [-0.25, -0.2) is 0 Å². The molecule has 2 aliphatic heterocycles. The lowest BCUT2D eigenvalue weighted by atomic mass is 10.0. The molecule has 0 aliphatic carbocycles. The molecule has 2 aliphatic rings. The molecule has 0 amide bonds. The lowest BCUT2D eigenvalue weighted by Gasteiger charge is -2.34. The Hall–Kier alpha value is -1.22. The van der Waals surface area contributed by atoms with Gasteiger partial charge in [-0.15, -0.1) is 0 Å². The zero-order valence-corrected chi connectivity index (χ0v) is 7.95. The largest absolute Gasteiger partial charge is 0.485 e. The van der Waals surface area contributed by atoms with E-state index in [2.05, 4.69) is 5.32 Å². The molecule has 2 heterocycles. The zero-order chi connectivity index (χ0) is 9.43. The second kappa shape index (κ2) is 2.89. The van der Waals surface area contributed by atoms with Crippen molar-refractivity contribution < 1.29 is 9.47 Å². The summed E-state index contributed by atoms with van der Waals surface area (Å²) in [7, 11) is 0. The van der Waals surface area contributed by atoms with Crippen LogP contribution in [-0.2, 0) is 0 Å². The zero-order valence-electron chi connectivity index (χ0n) is 7.95. The Morgan fingerprint density at radius 1 is 1.21 bits per heavy atom. The van der Waals surface area contributed by atoms with Crippen molar-refractivity contribution in [3.8, 4) is 11.5 Å². The van der Waals surface area contributed by atoms with Gasteiger partial charge in [-0.1, -0.05) is 12.1 Å². The number of hydrogen-bond acceptors (Lipinski definition) is 3. The molecule has 1 spiro atoms. The average molecular weight is 191 g/mol. The minimum absolute atomic E-state index is 0.117. The summed E-state index contributed by atoms with van der Waals surface area (Å²) in [6.07, 6.45) is 1.03. The molecule has 74 valence electrons. The molecule has 1 N–H and O–H groups in total. The van der Waals surface area contributed by atoms with Crippen molar-refractivity contribution in [1.82, 2.24) is 5.32 Å². The minimum Gasteiger partial charge on any atom is -0.485 e. The van der Waals surface area contributed by atoms with Gasteiger partial charge in [-0.05, 0) is 18.7 Å². The van der Waals surface area contributed by atoms with Crippen molar-refractivity contribution in [2.75, 3.05) is 19.7 Å². The number of fused-ring (bicyclic) bond motifs is 1. The van der Waals surface area contributed by atoms with Gasteiger partial charge in [0, 0.05) is 13.0 Å². The Morgan fingerprint density at radius 2 is 2.07 bits per heavy atom. The summed E-state index contributed by atoms with van der Waals surface area (Å²) in [4.78, 5) is 0. The van der Waals surface area contributed by atoms with Gasteiger partial charge in [-0.3, -0.25) is 0 Å². The van der Waals surface area contributed by atoms with Crippen molar-refractivity contribution in [2.24, 2.45) is 0 Å². The van der Waals surface area contributed by atoms with Crippen LogP contribution in [0.2, 0.25) is 0 Å². The van der Waals surface area contributed by atoms with Crippen LogP contribution in [-0.4, -0.2) is 25.3 Å². The molecule has 0 aromatic heterocycles. The number of para-hydroxylation sites is 2. The molecule has 3 nitrogen and oxygen atoms in total. The highest BCUT2D eigenvalue weighted by Crippen LogP contribution is 2.36. The smallest absolute Gasteiger partial charge is 0.162 e. The van der Waals surface area contributed by atoms with Crippen LogP contribution < -0.4 is 14.8 Å². The van der Waals surface area contributed by atoms with Crippen LogP contribution in [0.5, 0.6) is 11.5 Å². The van der Waals surface area contributed by atoms with Gasteiger partial charge < -0.3 is 14.8 Å². The molecule has 3 heteroatoms. The fraction of sp³-hybridized carbons (Fsp3) is 0.455. The van der Waals surface area contributed by atoms with Crippen LogP contribution in [0.25, 0.3) is 0 Å².